The third-order valence-corrected chi connectivity index (χ3v) is 9.47. The van der Waals surface area contributed by atoms with Crippen LogP contribution in [-0.2, 0) is 0 Å². The van der Waals surface area contributed by atoms with Crippen molar-refractivity contribution in [3.8, 4) is 0 Å². The van der Waals surface area contributed by atoms with Gasteiger partial charge in [0, 0.05) is 0 Å². The first kappa shape index (κ1) is 15.0. The Labute approximate surface area is 134 Å². The van der Waals surface area contributed by atoms with Gasteiger partial charge in [-0.25, -0.2) is 0 Å². The molecule has 0 N–H and O–H groups in total. The topological polar surface area (TPSA) is 0 Å². The molecule has 3 aromatic carbocycles. The van der Waals surface area contributed by atoms with Gasteiger partial charge in [0.2, 0.25) is 0 Å². The van der Waals surface area contributed by atoms with Gasteiger partial charge >= 0.3 is 134 Å². The standard InChI is InChI=1S/C21H22P/c1-18(2)22(19-12-6-3-7-13-19,20-14-8-4-9-15-20)21-16-10-5-11-17-21/h3-17,22H,1-2H3. The summed E-state index contributed by atoms with van der Waals surface area (Å²) >= 11 is 0. The van der Waals surface area contributed by atoms with Crippen molar-refractivity contribution in [2.24, 2.45) is 0 Å². The summed E-state index contributed by atoms with van der Waals surface area (Å²) in [7, 11) is -2.08. The van der Waals surface area contributed by atoms with Gasteiger partial charge in [-0.1, -0.05) is 0 Å². The third-order valence-electron chi connectivity index (χ3n) is 4.37. The number of benzene rings is 3. The number of rotatable bonds is 4. The molecule has 0 aliphatic heterocycles. The summed E-state index contributed by atoms with van der Waals surface area (Å²) in [6.45, 7) is 4.58. The maximum atomic E-state index is 2.29. The van der Waals surface area contributed by atoms with Gasteiger partial charge in [-0.05, 0) is 0 Å². The van der Waals surface area contributed by atoms with Crippen LogP contribution in [0.25, 0.3) is 0 Å². The molecule has 0 saturated heterocycles. The molecule has 0 amide bonds. The summed E-state index contributed by atoms with van der Waals surface area (Å²) in [5, 5.41) is 4.35. The monoisotopic (exact) mass is 305 g/mol. The van der Waals surface area contributed by atoms with Crippen molar-refractivity contribution in [3.63, 3.8) is 0 Å². The minimum atomic E-state index is -2.08. The number of hydrogen-bond acceptors (Lipinski definition) is 0. The van der Waals surface area contributed by atoms with Gasteiger partial charge in [0.1, 0.15) is 0 Å². The quantitative estimate of drug-likeness (QED) is 0.631. The second-order valence-electron chi connectivity index (χ2n) is 5.85. The fourth-order valence-electron chi connectivity index (χ4n) is 3.43. The fraction of sp³-hybridized carbons (Fsp3) is 0.0952. The zero-order chi connectivity index (χ0) is 15.4. The van der Waals surface area contributed by atoms with Gasteiger partial charge in [-0.2, -0.15) is 0 Å². The van der Waals surface area contributed by atoms with Gasteiger partial charge in [0.25, 0.3) is 0 Å². The molecular weight excluding hydrogens is 283 g/mol. The van der Waals surface area contributed by atoms with E-state index in [2.05, 4.69) is 105 Å². The van der Waals surface area contributed by atoms with Crippen LogP contribution < -0.4 is 15.9 Å². The molecule has 0 spiro atoms. The first-order valence-electron chi connectivity index (χ1n) is 7.73. The predicted molar refractivity (Wildman–Crippen MR) is 101 cm³/mol. The predicted octanol–water partition coefficient (Wildman–Crippen LogP) is 4.28. The Morgan fingerprint density at radius 2 is 0.773 bits per heavy atom. The summed E-state index contributed by atoms with van der Waals surface area (Å²) in [5.41, 5.74) is 1.51. The molecule has 0 heterocycles. The average molecular weight is 305 g/mol. The van der Waals surface area contributed by atoms with Gasteiger partial charge < -0.3 is 0 Å². The van der Waals surface area contributed by atoms with Crippen molar-refractivity contribution in [1.82, 2.24) is 0 Å². The summed E-state index contributed by atoms with van der Waals surface area (Å²) in [6, 6.07) is 33.0. The van der Waals surface area contributed by atoms with Crippen molar-refractivity contribution in [1.29, 1.82) is 0 Å². The van der Waals surface area contributed by atoms with E-state index in [0.717, 1.165) is 0 Å². The van der Waals surface area contributed by atoms with Crippen LogP contribution in [0.15, 0.2) is 91.0 Å². The van der Waals surface area contributed by atoms with Crippen molar-refractivity contribution in [3.05, 3.63) is 96.7 Å². The van der Waals surface area contributed by atoms with Crippen LogP contribution in [0.1, 0.15) is 13.8 Å². The van der Waals surface area contributed by atoms with E-state index in [-0.39, 0.29) is 0 Å². The van der Waals surface area contributed by atoms with Gasteiger partial charge in [-0.15, -0.1) is 0 Å². The van der Waals surface area contributed by atoms with E-state index >= 15 is 0 Å². The molecule has 111 valence electrons. The average Bonchev–Trinajstić information content (AvgIpc) is 2.58. The molecule has 3 aromatic rings. The molecule has 0 aromatic heterocycles. The molecule has 0 unspecified atom stereocenters. The molecular formula is C21H22P. The van der Waals surface area contributed by atoms with Crippen LogP contribution in [0.2, 0.25) is 0 Å². The van der Waals surface area contributed by atoms with Crippen molar-refractivity contribution < 1.29 is 0 Å². The van der Waals surface area contributed by atoms with E-state index in [1.165, 1.54) is 21.6 Å². The first-order valence-corrected chi connectivity index (χ1v) is 9.73. The molecule has 0 nitrogen and oxygen atoms in total. The van der Waals surface area contributed by atoms with E-state index in [1.54, 1.807) is 0 Å². The van der Waals surface area contributed by atoms with E-state index in [1.807, 2.05) is 0 Å². The number of hydrogen-bond donors (Lipinski definition) is 0. The summed E-state index contributed by atoms with van der Waals surface area (Å²) in [6.07, 6.45) is 0. The van der Waals surface area contributed by atoms with Gasteiger partial charge in [0.05, 0.1) is 0 Å². The molecule has 0 saturated carbocycles. The summed E-state index contributed by atoms with van der Waals surface area (Å²) < 4.78 is 0. The summed E-state index contributed by atoms with van der Waals surface area (Å²) in [5.74, 6) is 0. The van der Waals surface area contributed by atoms with E-state index in [0.29, 0.717) is 0 Å². The Balaban J connectivity index is 2.34. The van der Waals surface area contributed by atoms with Crippen LogP contribution in [0.4, 0.5) is 0 Å². The van der Waals surface area contributed by atoms with Crippen LogP contribution in [0.3, 0.4) is 0 Å². The third kappa shape index (κ3) is 2.49. The SMILES string of the molecule is C[C](C)[PH](c1ccccc1)(c1ccccc1)c1ccccc1. The second-order valence-corrected chi connectivity index (χ2v) is 10.1. The first-order chi connectivity index (χ1) is 10.8. The van der Waals surface area contributed by atoms with Crippen molar-refractivity contribution >= 4 is 23.2 Å². The Morgan fingerprint density at radius 1 is 0.500 bits per heavy atom. The molecule has 0 aliphatic rings. The Bertz CT molecular complexity index is 606. The van der Waals surface area contributed by atoms with Gasteiger partial charge in [-0.3, -0.25) is 0 Å². The summed E-state index contributed by atoms with van der Waals surface area (Å²) in [4.78, 5) is 0. The molecule has 0 aliphatic carbocycles. The van der Waals surface area contributed by atoms with Gasteiger partial charge in [0.15, 0.2) is 0 Å². The fourth-order valence-corrected chi connectivity index (χ4v) is 8.24. The molecule has 1 heteroatoms. The zero-order valence-electron chi connectivity index (χ0n) is 13.2. The second kappa shape index (κ2) is 6.46. The van der Waals surface area contributed by atoms with Crippen LogP contribution in [0.5, 0.6) is 0 Å². The van der Waals surface area contributed by atoms with E-state index < -0.39 is 7.26 Å². The normalized spacial score (nSPS) is 12.3. The maximum absolute atomic E-state index is 2.29. The van der Waals surface area contributed by atoms with Crippen LogP contribution in [-0.4, -0.2) is 0 Å². The van der Waals surface area contributed by atoms with Crippen LogP contribution >= 0.6 is 7.26 Å². The Kier molecular flexibility index (Phi) is 4.41. The Hall–Kier alpha value is -1.91. The molecule has 0 atom stereocenters. The molecule has 1 radical (unpaired) electrons. The molecule has 3 rings (SSSR count). The molecule has 0 bridgehead atoms. The Morgan fingerprint density at radius 3 is 1.00 bits per heavy atom. The van der Waals surface area contributed by atoms with E-state index in [4.69, 9.17) is 0 Å². The van der Waals surface area contributed by atoms with Crippen molar-refractivity contribution in [2.75, 3.05) is 0 Å². The minimum absolute atomic E-state index is 1.45. The van der Waals surface area contributed by atoms with E-state index in [9.17, 15) is 0 Å². The molecule has 22 heavy (non-hydrogen) atoms. The van der Waals surface area contributed by atoms with Crippen LogP contribution in [0, 0.1) is 5.66 Å². The zero-order valence-corrected chi connectivity index (χ0v) is 14.2. The molecule has 0 fully saturated rings. The van der Waals surface area contributed by atoms with Crippen molar-refractivity contribution in [2.45, 2.75) is 13.8 Å².